The number of carbonyl (C=O) groups excluding carboxylic acids is 4. The molecule has 0 spiro atoms. The van der Waals surface area contributed by atoms with Crippen LogP contribution in [0.3, 0.4) is 0 Å². The second-order valence-corrected chi connectivity index (χ2v) is 6.30. The highest BCUT2D eigenvalue weighted by molar-refractivity contribution is 6.04. The van der Waals surface area contributed by atoms with E-state index in [1.807, 2.05) is 36.4 Å². The number of ether oxygens (including phenoxy) is 1. The Morgan fingerprint density at radius 1 is 1.15 bits per heavy atom. The number of rotatable bonds is 5. The van der Waals surface area contributed by atoms with Crippen LogP contribution in [0.5, 0.6) is 0 Å². The molecule has 2 aromatic carbocycles. The van der Waals surface area contributed by atoms with E-state index in [2.05, 4.69) is 5.32 Å². The fraction of sp³-hybridized carbons (Fsp3) is 0.263. The van der Waals surface area contributed by atoms with Gasteiger partial charge in [-0.25, -0.2) is 4.79 Å². The maximum Gasteiger partial charge on any atom is 0.327 e. The third-order valence-electron chi connectivity index (χ3n) is 4.21. The molecule has 0 aromatic heterocycles. The van der Waals surface area contributed by atoms with Crippen LogP contribution in [-0.4, -0.2) is 59.9 Å². The molecule has 0 aliphatic carbocycles. The van der Waals surface area contributed by atoms with Crippen LogP contribution in [-0.2, 0) is 19.1 Å². The molecule has 1 aliphatic rings. The lowest BCUT2D eigenvalue weighted by Gasteiger charge is -2.17. The fourth-order valence-corrected chi connectivity index (χ4v) is 2.75. The largest absolute Gasteiger partial charge is 0.451 e. The summed E-state index contributed by atoms with van der Waals surface area (Å²) >= 11 is 0. The molecule has 1 fully saturated rings. The number of anilines is 1. The molecule has 0 radical (unpaired) electrons. The Hall–Kier alpha value is -3.42. The average Bonchev–Trinajstić information content (AvgIpc) is 2.87. The molecule has 0 bridgehead atoms. The van der Waals surface area contributed by atoms with Crippen molar-refractivity contribution in [2.45, 2.75) is 13.0 Å². The number of benzene rings is 2. The van der Waals surface area contributed by atoms with Crippen LogP contribution in [0.15, 0.2) is 42.5 Å². The topological polar surface area (TPSA) is 96.0 Å². The normalized spacial score (nSPS) is 15.2. The number of imide groups is 1. The van der Waals surface area contributed by atoms with Gasteiger partial charge in [0.05, 0.1) is 0 Å². The van der Waals surface area contributed by atoms with Gasteiger partial charge >= 0.3 is 12.0 Å². The van der Waals surface area contributed by atoms with Gasteiger partial charge in [0.15, 0.2) is 6.10 Å². The fourth-order valence-electron chi connectivity index (χ4n) is 2.75. The molecular weight excluding hydrogens is 350 g/mol. The quantitative estimate of drug-likeness (QED) is 0.638. The molecule has 1 saturated heterocycles. The second-order valence-electron chi connectivity index (χ2n) is 6.30. The van der Waals surface area contributed by atoms with Crippen LogP contribution in [0.2, 0.25) is 0 Å². The molecule has 0 unspecified atom stereocenters. The van der Waals surface area contributed by atoms with Crippen molar-refractivity contribution in [3.8, 4) is 0 Å². The first kappa shape index (κ1) is 18.4. The zero-order chi connectivity index (χ0) is 19.6. The monoisotopic (exact) mass is 369 g/mol. The highest BCUT2D eigenvalue weighted by atomic mass is 16.5. The molecule has 1 atom stereocenters. The molecule has 140 valence electrons. The number of carbonyl (C=O) groups is 4. The van der Waals surface area contributed by atoms with E-state index >= 15 is 0 Å². The lowest BCUT2D eigenvalue weighted by atomic mass is 10.1. The van der Waals surface area contributed by atoms with E-state index in [4.69, 9.17) is 4.74 Å². The Balaban J connectivity index is 1.57. The minimum atomic E-state index is -1.07. The molecule has 1 aliphatic heterocycles. The van der Waals surface area contributed by atoms with Crippen molar-refractivity contribution in [1.82, 2.24) is 9.80 Å². The summed E-state index contributed by atoms with van der Waals surface area (Å²) in [4.78, 5) is 49.7. The number of fused-ring (bicyclic) bond motifs is 1. The number of likely N-dealkylation sites (N-methyl/N-ethyl adjacent to an activating group) is 1. The number of nitrogens with zero attached hydrogens (tertiary/aromatic N) is 2. The first-order valence-electron chi connectivity index (χ1n) is 8.40. The molecule has 2 aromatic rings. The number of urea groups is 1. The van der Waals surface area contributed by atoms with Gasteiger partial charge in [-0.15, -0.1) is 0 Å². The minimum absolute atomic E-state index is 0.0792. The Morgan fingerprint density at radius 2 is 1.85 bits per heavy atom. The van der Waals surface area contributed by atoms with E-state index in [0.29, 0.717) is 5.69 Å². The van der Waals surface area contributed by atoms with Gasteiger partial charge in [-0.05, 0) is 29.8 Å². The van der Waals surface area contributed by atoms with Gasteiger partial charge in [0, 0.05) is 12.7 Å². The summed E-state index contributed by atoms with van der Waals surface area (Å²) in [6, 6.07) is 12.6. The second kappa shape index (κ2) is 7.45. The summed E-state index contributed by atoms with van der Waals surface area (Å²) in [7, 11) is 1.46. The van der Waals surface area contributed by atoms with Crippen molar-refractivity contribution in [3.63, 3.8) is 0 Å². The molecule has 4 amide bonds. The van der Waals surface area contributed by atoms with E-state index in [0.717, 1.165) is 15.7 Å². The first-order valence-corrected chi connectivity index (χ1v) is 8.40. The van der Waals surface area contributed by atoms with Crippen LogP contribution in [0.1, 0.15) is 6.92 Å². The highest BCUT2D eigenvalue weighted by Gasteiger charge is 2.35. The van der Waals surface area contributed by atoms with Gasteiger partial charge in [0.1, 0.15) is 13.1 Å². The summed E-state index contributed by atoms with van der Waals surface area (Å²) in [5, 5.41) is 4.69. The van der Waals surface area contributed by atoms with Crippen molar-refractivity contribution >= 4 is 40.3 Å². The van der Waals surface area contributed by atoms with Crippen molar-refractivity contribution in [2.75, 3.05) is 25.5 Å². The predicted octanol–water partition coefficient (Wildman–Crippen LogP) is 1.60. The van der Waals surface area contributed by atoms with Crippen LogP contribution in [0.25, 0.3) is 10.8 Å². The Kier molecular flexibility index (Phi) is 5.07. The number of esters is 1. The smallest absolute Gasteiger partial charge is 0.327 e. The van der Waals surface area contributed by atoms with Gasteiger partial charge in [0.2, 0.25) is 0 Å². The number of hydrogen-bond acceptors (Lipinski definition) is 5. The minimum Gasteiger partial charge on any atom is -0.451 e. The number of nitrogens with one attached hydrogen (secondary N) is 1. The van der Waals surface area contributed by atoms with E-state index in [1.54, 1.807) is 6.07 Å². The molecule has 0 saturated carbocycles. The van der Waals surface area contributed by atoms with Gasteiger partial charge in [-0.2, -0.15) is 0 Å². The van der Waals surface area contributed by atoms with Crippen molar-refractivity contribution in [3.05, 3.63) is 42.5 Å². The lowest BCUT2D eigenvalue weighted by molar-refractivity contribution is -0.154. The number of hydrogen-bond donors (Lipinski definition) is 1. The maximum absolute atomic E-state index is 12.3. The third kappa shape index (κ3) is 4.05. The summed E-state index contributed by atoms with van der Waals surface area (Å²) in [6.45, 7) is 0.827. The van der Waals surface area contributed by atoms with E-state index < -0.39 is 36.5 Å². The summed E-state index contributed by atoms with van der Waals surface area (Å²) in [5.74, 6) is -1.81. The van der Waals surface area contributed by atoms with Crippen LogP contribution in [0.4, 0.5) is 10.5 Å². The molecule has 1 N–H and O–H groups in total. The standard InChI is InChI=1S/C19H19N3O5/c1-12(27-17(24)11-22-16(23)10-21(2)19(22)26)18(25)20-15-8-7-13-5-3-4-6-14(13)9-15/h3-9,12H,10-11H2,1-2H3,(H,20,25)/t12-/m0/s1. The number of amides is 4. The Labute approximate surface area is 155 Å². The average molecular weight is 369 g/mol. The molecule has 1 heterocycles. The summed E-state index contributed by atoms with van der Waals surface area (Å²) < 4.78 is 5.05. The lowest BCUT2D eigenvalue weighted by Crippen LogP contribution is -2.39. The molecule has 8 nitrogen and oxygen atoms in total. The Morgan fingerprint density at radius 3 is 2.52 bits per heavy atom. The third-order valence-corrected chi connectivity index (χ3v) is 4.21. The highest BCUT2D eigenvalue weighted by Crippen LogP contribution is 2.19. The molecule has 3 rings (SSSR count). The summed E-state index contributed by atoms with van der Waals surface area (Å²) in [6.07, 6.45) is -1.07. The molecule has 8 heteroatoms. The first-order chi connectivity index (χ1) is 12.8. The van der Waals surface area contributed by atoms with Gasteiger partial charge < -0.3 is 15.0 Å². The van der Waals surface area contributed by atoms with Gasteiger partial charge in [-0.3, -0.25) is 19.3 Å². The van der Waals surface area contributed by atoms with Gasteiger partial charge in [0.25, 0.3) is 11.8 Å². The van der Waals surface area contributed by atoms with E-state index in [9.17, 15) is 19.2 Å². The van der Waals surface area contributed by atoms with E-state index in [1.165, 1.54) is 18.9 Å². The molecular formula is C19H19N3O5. The van der Waals surface area contributed by atoms with Crippen molar-refractivity contribution in [1.29, 1.82) is 0 Å². The van der Waals surface area contributed by atoms with Crippen molar-refractivity contribution in [2.24, 2.45) is 0 Å². The Bertz CT molecular complexity index is 926. The molecule has 27 heavy (non-hydrogen) atoms. The van der Waals surface area contributed by atoms with Crippen LogP contribution in [0, 0.1) is 0 Å². The van der Waals surface area contributed by atoms with Crippen LogP contribution < -0.4 is 5.32 Å². The van der Waals surface area contributed by atoms with E-state index in [-0.39, 0.29) is 6.54 Å². The zero-order valence-electron chi connectivity index (χ0n) is 15.0. The van der Waals surface area contributed by atoms with Gasteiger partial charge in [-0.1, -0.05) is 30.3 Å². The van der Waals surface area contributed by atoms with Crippen molar-refractivity contribution < 1.29 is 23.9 Å². The maximum atomic E-state index is 12.3. The predicted molar refractivity (Wildman–Crippen MR) is 97.9 cm³/mol. The van der Waals surface area contributed by atoms with Crippen LogP contribution >= 0.6 is 0 Å². The summed E-state index contributed by atoms with van der Waals surface area (Å²) in [5.41, 5.74) is 0.577. The SMILES string of the molecule is C[C@H](OC(=O)CN1C(=O)CN(C)C1=O)C(=O)Nc1ccc2ccccc2c1. The zero-order valence-corrected chi connectivity index (χ0v) is 15.0.